The van der Waals surface area contributed by atoms with E-state index in [-0.39, 0.29) is 28.9 Å². The van der Waals surface area contributed by atoms with Crippen molar-refractivity contribution in [2.24, 2.45) is 0 Å². The SMILES string of the molecule is Cc1cc(C)cc(CNC(=O)c2c(C(=O)C3(c4ccccc4F)CCCC3)nc(C)nc2C2CCNCC2)c1. The van der Waals surface area contributed by atoms with Gasteiger partial charge >= 0.3 is 0 Å². The molecule has 7 heteroatoms. The molecule has 2 N–H and O–H groups in total. The van der Waals surface area contributed by atoms with Crippen LogP contribution in [0, 0.1) is 26.6 Å². The fourth-order valence-electron chi connectivity index (χ4n) is 6.49. The quantitative estimate of drug-likeness (QED) is 0.388. The van der Waals surface area contributed by atoms with Gasteiger partial charge in [-0.1, -0.05) is 60.4 Å². The zero-order chi connectivity index (χ0) is 27.6. The monoisotopic (exact) mass is 528 g/mol. The van der Waals surface area contributed by atoms with Gasteiger partial charge in [0.05, 0.1) is 16.7 Å². The smallest absolute Gasteiger partial charge is 0.255 e. The summed E-state index contributed by atoms with van der Waals surface area (Å²) in [5, 5.41) is 6.43. The molecular formula is C32H37FN4O2. The summed E-state index contributed by atoms with van der Waals surface area (Å²) in [6.45, 7) is 7.79. The number of nitrogens with one attached hydrogen (secondary N) is 2. The molecule has 0 bridgehead atoms. The highest BCUT2D eigenvalue weighted by Gasteiger charge is 2.47. The van der Waals surface area contributed by atoms with Crippen LogP contribution in [0.2, 0.25) is 0 Å². The van der Waals surface area contributed by atoms with Crippen LogP contribution in [0.5, 0.6) is 0 Å². The van der Waals surface area contributed by atoms with E-state index < -0.39 is 11.2 Å². The van der Waals surface area contributed by atoms with Crippen molar-refractivity contribution < 1.29 is 14.0 Å². The van der Waals surface area contributed by atoms with Gasteiger partial charge in [-0.2, -0.15) is 0 Å². The third-order valence-corrected chi connectivity index (χ3v) is 8.23. The minimum atomic E-state index is -1.04. The molecule has 39 heavy (non-hydrogen) atoms. The van der Waals surface area contributed by atoms with Gasteiger partial charge in [0.2, 0.25) is 0 Å². The van der Waals surface area contributed by atoms with Crippen molar-refractivity contribution in [3.63, 3.8) is 0 Å². The summed E-state index contributed by atoms with van der Waals surface area (Å²) in [7, 11) is 0. The van der Waals surface area contributed by atoms with Crippen molar-refractivity contribution >= 4 is 11.7 Å². The molecule has 1 aliphatic heterocycles. The van der Waals surface area contributed by atoms with Gasteiger partial charge in [-0.3, -0.25) is 9.59 Å². The van der Waals surface area contributed by atoms with Gasteiger partial charge in [-0.15, -0.1) is 0 Å². The maximum atomic E-state index is 15.2. The number of Topliss-reactive ketones (excluding diaryl/α,β-unsaturated/α-hetero) is 1. The van der Waals surface area contributed by atoms with Crippen LogP contribution < -0.4 is 10.6 Å². The lowest BCUT2D eigenvalue weighted by molar-refractivity contribution is 0.0861. The molecule has 2 aromatic carbocycles. The van der Waals surface area contributed by atoms with Crippen molar-refractivity contribution in [3.05, 3.63) is 93.3 Å². The molecule has 0 radical (unpaired) electrons. The molecule has 2 aliphatic rings. The van der Waals surface area contributed by atoms with E-state index in [0.717, 1.165) is 55.5 Å². The topological polar surface area (TPSA) is 84.0 Å². The molecule has 6 nitrogen and oxygen atoms in total. The van der Waals surface area contributed by atoms with E-state index in [1.165, 1.54) is 6.07 Å². The zero-order valence-electron chi connectivity index (χ0n) is 23.1. The van der Waals surface area contributed by atoms with E-state index in [2.05, 4.69) is 21.7 Å². The second-order valence-corrected chi connectivity index (χ2v) is 11.2. The molecule has 204 valence electrons. The van der Waals surface area contributed by atoms with Crippen LogP contribution >= 0.6 is 0 Å². The van der Waals surface area contributed by atoms with Crippen LogP contribution in [0.4, 0.5) is 4.39 Å². The number of halogens is 1. The van der Waals surface area contributed by atoms with Crippen LogP contribution in [0.3, 0.4) is 0 Å². The molecule has 1 amide bonds. The number of carbonyl (C=O) groups is 2. The van der Waals surface area contributed by atoms with Crippen LogP contribution in [0.15, 0.2) is 42.5 Å². The number of amides is 1. The summed E-state index contributed by atoms with van der Waals surface area (Å²) in [4.78, 5) is 37.9. The van der Waals surface area contributed by atoms with Crippen LogP contribution in [-0.2, 0) is 12.0 Å². The summed E-state index contributed by atoms with van der Waals surface area (Å²) in [5.74, 6) is -0.526. The lowest BCUT2D eigenvalue weighted by Gasteiger charge is -2.30. The number of nitrogens with zero attached hydrogens (tertiary/aromatic N) is 2. The van der Waals surface area contributed by atoms with Crippen LogP contribution in [0.25, 0.3) is 0 Å². The van der Waals surface area contributed by atoms with Crippen LogP contribution in [-0.4, -0.2) is 34.7 Å². The van der Waals surface area contributed by atoms with Gasteiger partial charge in [-0.05, 0) is 71.2 Å². The van der Waals surface area contributed by atoms with E-state index in [0.29, 0.717) is 36.5 Å². The van der Waals surface area contributed by atoms with Crippen molar-refractivity contribution in [2.45, 2.75) is 77.2 Å². The highest BCUT2D eigenvalue weighted by Crippen LogP contribution is 2.45. The average molecular weight is 529 g/mol. The average Bonchev–Trinajstić information content (AvgIpc) is 3.42. The van der Waals surface area contributed by atoms with Crippen LogP contribution in [0.1, 0.15) is 99.1 Å². The van der Waals surface area contributed by atoms with E-state index >= 15 is 4.39 Å². The Bertz CT molecular complexity index is 1370. The number of aryl methyl sites for hydroxylation is 3. The molecule has 0 spiro atoms. The van der Waals surface area contributed by atoms with Crippen molar-refractivity contribution in [2.75, 3.05) is 13.1 Å². The number of hydrogen-bond donors (Lipinski definition) is 2. The molecule has 0 unspecified atom stereocenters. The molecule has 5 rings (SSSR count). The molecule has 1 saturated heterocycles. The Kier molecular flexibility index (Phi) is 7.89. The first-order valence-corrected chi connectivity index (χ1v) is 14.0. The zero-order valence-corrected chi connectivity index (χ0v) is 23.1. The Morgan fingerprint density at radius 1 is 1.00 bits per heavy atom. The van der Waals surface area contributed by atoms with E-state index in [1.54, 1.807) is 25.1 Å². The predicted molar refractivity (Wildman–Crippen MR) is 150 cm³/mol. The Balaban J connectivity index is 1.60. The molecule has 1 aliphatic carbocycles. The fourth-order valence-corrected chi connectivity index (χ4v) is 6.49. The number of rotatable bonds is 7. The summed E-state index contributed by atoms with van der Waals surface area (Å²) in [6.07, 6.45) is 4.34. The van der Waals surface area contributed by atoms with Gasteiger partial charge in [0.25, 0.3) is 5.91 Å². The highest BCUT2D eigenvalue weighted by molar-refractivity contribution is 6.11. The van der Waals surface area contributed by atoms with Crippen molar-refractivity contribution in [1.29, 1.82) is 0 Å². The normalized spacial score (nSPS) is 17.2. The number of hydrogen-bond acceptors (Lipinski definition) is 5. The number of benzene rings is 2. The number of aromatic nitrogens is 2. The standard InChI is InChI=1S/C32H37FN4O2/c1-20-16-21(2)18-23(17-20)19-35-31(39)27-28(24-10-14-34-15-11-24)36-22(3)37-29(27)30(38)32(12-6-7-13-32)25-8-4-5-9-26(25)33/h4-5,8-9,16-18,24,34H,6-7,10-15,19H2,1-3H3,(H,35,39). The minimum absolute atomic E-state index is 0.0365. The van der Waals surface area contributed by atoms with Crippen molar-refractivity contribution in [3.8, 4) is 0 Å². The summed E-state index contributed by atoms with van der Waals surface area (Å²) in [6, 6.07) is 12.7. The van der Waals surface area contributed by atoms with E-state index in [9.17, 15) is 9.59 Å². The number of carbonyl (C=O) groups excluding carboxylic acids is 2. The predicted octanol–water partition coefficient (Wildman–Crippen LogP) is 5.63. The van der Waals surface area contributed by atoms with E-state index in [1.807, 2.05) is 26.0 Å². The largest absolute Gasteiger partial charge is 0.348 e. The molecule has 1 saturated carbocycles. The minimum Gasteiger partial charge on any atom is -0.348 e. The molecule has 2 fully saturated rings. The lowest BCUT2D eigenvalue weighted by Crippen LogP contribution is -2.38. The Morgan fingerprint density at radius 3 is 2.33 bits per heavy atom. The van der Waals surface area contributed by atoms with Crippen molar-refractivity contribution in [1.82, 2.24) is 20.6 Å². The fraction of sp³-hybridized carbons (Fsp3) is 0.438. The van der Waals surface area contributed by atoms with E-state index in [4.69, 9.17) is 4.98 Å². The van der Waals surface area contributed by atoms with Gasteiger partial charge < -0.3 is 10.6 Å². The van der Waals surface area contributed by atoms with Gasteiger partial charge in [0.15, 0.2) is 5.78 Å². The Labute approximate surface area is 229 Å². The molecule has 1 aromatic heterocycles. The molecule has 3 aromatic rings. The first kappa shape index (κ1) is 27.1. The number of piperidine rings is 1. The summed E-state index contributed by atoms with van der Waals surface area (Å²) >= 11 is 0. The summed E-state index contributed by atoms with van der Waals surface area (Å²) in [5.41, 5.74) is 3.60. The van der Waals surface area contributed by atoms with Gasteiger partial charge in [0, 0.05) is 18.0 Å². The molecule has 0 atom stereocenters. The summed E-state index contributed by atoms with van der Waals surface area (Å²) < 4.78 is 15.2. The lowest BCUT2D eigenvalue weighted by atomic mass is 9.73. The first-order valence-electron chi connectivity index (χ1n) is 14.0. The molecule has 2 heterocycles. The Morgan fingerprint density at radius 2 is 1.67 bits per heavy atom. The highest BCUT2D eigenvalue weighted by atomic mass is 19.1. The second kappa shape index (κ2) is 11.3. The number of ketones is 1. The maximum absolute atomic E-state index is 15.2. The first-order chi connectivity index (χ1) is 18.8. The third kappa shape index (κ3) is 5.50. The second-order valence-electron chi connectivity index (χ2n) is 11.2. The van der Waals surface area contributed by atoms with Gasteiger partial charge in [-0.25, -0.2) is 14.4 Å². The molecular weight excluding hydrogens is 491 g/mol. The maximum Gasteiger partial charge on any atom is 0.255 e. The third-order valence-electron chi connectivity index (χ3n) is 8.23. The Hall–Kier alpha value is -3.45. The van der Waals surface area contributed by atoms with Gasteiger partial charge in [0.1, 0.15) is 17.3 Å².